The predicted octanol–water partition coefficient (Wildman–Crippen LogP) is 4.54. The van der Waals surface area contributed by atoms with Crippen LogP contribution in [0.25, 0.3) is 0 Å². The van der Waals surface area contributed by atoms with Crippen LogP contribution >= 0.6 is 11.6 Å². The molecule has 3 rings (SSSR count). The van der Waals surface area contributed by atoms with Crippen molar-refractivity contribution in [2.24, 2.45) is 0 Å². The number of benzene rings is 3. The van der Waals surface area contributed by atoms with E-state index < -0.39 is 21.7 Å². The van der Waals surface area contributed by atoms with E-state index in [0.717, 1.165) is 6.07 Å². The van der Waals surface area contributed by atoms with E-state index in [1.54, 1.807) is 18.2 Å². The molecule has 6 nitrogen and oxygen atoms in total. The zero-order chi connectivity index (χ0) is 21.0. The molecule has 0 bridgehead atoms. The maximum absolute atomic E-state index is 13.3. The number of anilines is 2. The van der Waals surface area contributed by atoms with E-state index in [1.807, 2.05) is 0 Å². The van der Waals surface area contributed by atoms with E-state index in [1.165, 1.54) is 49.6 Å². The molecule has 1 amide bonds. The molecule has 0 spiro atoms. The van der Waals surface area contributed by atoms with E-state index in [4.69, 9.17) is 16.3 Å². The predicted molar refractivity (Wildman–Crippen MR) is 110 cm³/mol. The van der Waals surface area contributed by atoms with Crippen molar-refractivity contribution in [2.45, 2.75) is 4.90 Å². The van der Waals surface area contributed by atoms with Gasteiger partial charge < -0.3 is 10.1 Å². The molecule has 0 radical (unpaired) electrons. The van der Waals surface area contributed by atoms with Crippen molar-refractivity contribution >= 4 is 38.9 Å². The number of sulfonamides is 1. The molecular weight excluding hydrogens is 419 g/mol. The van der Waals surface area contributed by atoms with Gasteiger partial charge >= 0.3 is 0 Å². The number of carbonyl (C=O) groups excluding carboxylic acids is 1. The van der Waals surface area contributed by atoms with Crippen molar-refractivity contribution in [3.05, 3.63) is 83.1 Å². The fourth-order valence-corrected chi connectivity index (χ4v) is 3.81. The average Bonchev–Trinajstić information content (AvgIpc) is 2.67. The summed E-state index contributed by atoms with van der Waals surface area (Å²) in [7, 11) is -2.64. The van der Waals surface area contributed by atoms with Crippen molar-refractivity contribution in [3.63, 3.8) is 0 Å². The number of rotatable bonds is 6. The van der Waals surface area contributed by atoms with Crippen LogP contribution in [0.3, 0.4) is 0 Å². The van der Waals surface area contributed by atoms with Gasteiger partial charge in [-0.05, 0) is 54.6 Å². The number of carbonyl (C=O) groups is 1. The number of amides is 1. The molecular formula is C20H16ClFN2O4S. The number of halogens is 2. The highest BCUT2D eigenvalue weighted by atomic mass is 35.5. The van der Waals surface area contributed by atoms with Crippen molar-refractivity contribution in [1.82, 2.24) is 0 Å². The summed E-state index contributed by atoms with van der Waals surface area (Å²) >= 11 is 5.90. The van der Waals surface area contributed by atoms with Crippen molar-refractivity contribution < 1.29 is 22.3 Å². The SMILES string of the molecule is COc1ccc(S(=O)(=O)Nc2cccc(F)c2)cc1NC(=O)c1cccc(Cl)c1. The zero-order valence-electron chi connectivity index (χ0n) is 15.1. The van der Waals surface area contributed by atoms with Crippen LogP contribution < -0.4 is 14.8 Å². The van der Waals surface area contributed by atoms with Gasteiger partial charge in [0.1, 0.15) is 11.6 Å². The average molecular weight is 435 g/mol. The molecule has 0 aliphatic heterocycles. The van der Waals surface area contributed by atoms with Crippen LogP contribution in [-0.2, 0) is 10.0 Å². The number of nitrogens with one attached hydrogen (secondary N) is 2. The lowest BCUT2D eigenvalue weighted by atomic mass is 10.2. The third-order valence-corrected chi connectivity index (χ3v) is 5.51. The highest BCUT2D eigenvalue weighted by Gasteiger charge is 2.18. The fourth-order valence-electron chi connectivity index (χ4n) is 2.54. The minimum atomic E-state index is -4.03. The third kappa shape index (κ3) is 5.04. The first kappa shape index (κ1) is 20.6. The second kappa shape index (κ2) is 8.50. The summed E-state index contributed by atoms with van der Waals surface area (Å²) in [5.41, 5.74) is 0.524. The van der Waals surface area contributed by atoms with Crippen LogP contribution in [0.4, 0.5) is 15.8 Å². The van der Waals surface area contributed by atoms with Gasteiger partial charge in [0, 0.05) is 10.6 Å². The molecule has 9 heteroatoms. The van der Waals surface area contributed by atoms with Crippen LogP contribution in [0.5, 0.6) is 5.75 Å². The summed E-state index contributed by atoms with van der Waals surface area (Å²) in [5, 5.41) is 3.00. The molecule has 0 unspecified atom stereocenters. The van der Waals surface area contributed by atoms with E-state index in [0.29, 0.717) is 10.6 Å². The highest BCUT2D eigenvalue weighted by molar-refractivity contribution is 7.92. The molecule has 0 heterocycles. The molecule has 0 atom stereocenters. The van der Waals surface area contributed by atoms with Crippen LogP contribution in [0, 0.1) is 5.82 Å². The number of methoxy groups -OCH3 is 1. The van der Waals surface area contributed by atoms with Crippen molar-refractivity contribution in [2.75, 3.05) is 17.1 Å². The number of hydrogen-bond donors (Lipinski definition) is 2. The Labute approximate surface area is 172 Å². The van der Waals surface area contributed by atoms with Crippen LogP contribution in [0.1, 0.15) is 10.4 Å². The molecule has 0 saturated heterocycles. The van der Waals surface area contributed by atoms with Gasteiger partial charge in [0.15, 0.2) is 0 Å². The van der Waals surface area contributed by atoms with E-state index in [-0.39, 0.29) is 22.0 Å². The van der Waals surface area contributed by atoms with Crippen molar-refractivity contribution in [3.8, 4) is 5.75 Å². The quantitative estimate of drug-likeness (QED) is 0.596. The van der Waals surface area contributed by atoms with Gasteiger partial charge in [-0.25, -0.2) is 12.8 Å². The minimum Gasteiger partial charge on any atom is -0.495 e. The van der Waals surface area contributed by atoms with Gasteiger partial charge in [0.2, 0.25) is 0 Å². The first-order chi connectivity index (χ1) is 13.8. The summed E-state index contributed by atoms with van der Waals surface area (Å²) < 4.78 is 46.1. The van der Waals surface area contributed by atoms with Crippen LogP contribution in [0.15, 0.2) is 71.6 Å². The molecule has 2 N–H and O–H groups in total. The Hall–Kier alpha value is -3.10. The maximum atomic E-state index is 13.3. The lowest BCUT2D eigenvalue weighted by Gasteiger charge is -2.13. The molecule has 0 aliphatic rings. The normalized spacial score (nSPS) is 11.0. The third-order valence-electron chi connectivity index (χ3n) is 3.89. The number of hydrogen-bond acceptors (Lipinski definition) is 4. The lowest BCUT2D eigenvalue weighted by Crippen LogP contribution is -2.16. The van der Waals surface area contributed by atoms with E-state index in [9.17, 15) is 17.6 Å². The molecule has 150 valence electrons. The van der Waals surface area contributed by atoms with Crippen molar-refractivity contribution in [1.29, 1.82) is 0 Å². The van der Waals surface area contributed by atoms with Gasteiger partial charge in [-0.15, -0.1) is 0 Å². The molecule has 3 aromatic rings. The van der Waals surface area contributed by atoms with Gasteiger partial charge in [-0.1, -0.05) is 23.7 Å². The second-order valence-electron chi connectivity index (χ2n) is 5.94. The Morgan fingerprint density at radius 2 is 1.79 bits per heavy atom. The molecule has 0 fully saturated rings. The topological polar surface area (TPSA) is 84.5 Å². The van der Waals surface area contributed by atoms with Gasteiger partial charge in [0.25, 0.3) is 15.9 Å². The lowest BCUT2D eigenvalue weighted by molar-refractivity contribution is 0.102. The van der Waals surface area contributed by atoms with Crippen LogP contribution in [0.2, 0.25) is 5.02 Å². The Balaban J connectivity index is 1.91. The number of ether oxygens (including phenoxy) is 1. The molecule has 0 aliphatic carbocycles. The fraction of sp³-hybridized carbons (Fsp3) is 0.0500. The molecule has 29 heavy (non-hydrogen) atoms. The summed E-state index contributed by atoms with van der Waals surface area (Å²) in [6.45, 7) is 0. The monoisotopic (exact) mass is 434 g/mol. The van der Waals surface area contributed by atoms with E-state index >= 15 is 0 Å². The van der Waals surface area contributed by atoms with Gasteiger partial charge in [-0.3, -0.25) is 9.52 Å². The second-order valence-corrected chi connectivity index (χ2v) is 8.06. The Morgan fingerprint density at radius 3 is 2.48 bits per heavy atom. The highest BCUT2D eigenvalue weighted by Crippen LogP contribution is 2.29. The summed E-state index contributed by atoms with van der Waals surface area (Å²) in [6, 6.07) is 15.4. The summed E-state index contributed by atoms with van der Waals surface area (Å²) in [6.07, 6.45) is 0. The minimum absolute atomic E-state index is 0.0744. The standard InChI is InChI=1S/C20H16ClFN2O4S/c1-28-19-9-8-17(29(26,27)24-16-7-3-6-15(22)11-16)12-18(19)23-20(25)13-4-2-5-14(21)10-13/h2-12,24H,1H3,(H,23,25). The maximum Gasteiger partial charge on any atom is 0.261 e. The Kier molecular flexibility index (Phi) is 6.05. The molecule has 0 saturated carbocycles. The molecule has 0 aromatic heterocycles. The Bertz CT molecular complexity index is 1170. The molecule has 3 aromatic carbocycles. The van der Waals surface area contributed by atoms with E-state index in [2.05, 4.69) is 10.0 Å². The first-order valence-corrected chi connectivity index (χ1v) is 10.2. The smallest absolute Gasteiger partial charge is 0.261 e. The first-order valence-electron chi connectivity index (χ1n) is 8.32. The van der Waals surface area contributed by atoms with Gasteiger partial charge in [0.05, 0.1) is 23.4 Å². The Morgan fingerprint density at radius 1 is 1.03 bits per heavy atom. The summed E-state index contributed by atoms with van der Waals surface area (Å²) in [5.74, 6) is -0.794. The summed E-state index contributed by atoms with van der Waals surface area (Å²) in [4.78, 5) is 12.4. The van der Waals surface area contributed by atoms with Crippen LogP contribution in [-0.4, -0.2) is 21.4 Å². The van der Waals surface area contributed by atoms with Gasteiger partial charge in [-0.2, -0.15) is 0 Å². The zero-order valence-corrected chi connectivity index (χ0v) is 16.7. The largest absolute Gasteiger partial charge is 0.495 e.